The first-order chi connectivity index (χ1) is 8.93. The summed E-state index contributed by atoms with van der Waals surface area (Å²) in [5.41, 5.74) is 2.77. The number of benzene rings is 1. The van der Waals surface area contributed by atoms with Crippen LogP contribution in [0.15, 0.2) is 24.3 Å². The molecule has 1 aromatic carbocycles. The van der Waals surface area contributed by atoms with E-state index in [4.69, 9.17) is 5.10 Å². The molecule has 2 nitrogen and oxygen atoms in total. The Hall–Kier alpha value is -0.830. The average molecular weight is 323 g/mol. The summed E-state index contributed by atoms with van der Waals surface area (Å²) in [6, 6.07) is 8.53. The quantitative estimate of drug-likeness (QED) is 0.739. The van der Waals surface area contributed by atoms with E-state index in [1.165, 1.54) is 16.6 Å². The van der Waals surface area contributed by atoms with Crippen molar-refractivity contribution in [2.75, 3.05) is 0 Å². The van der Waals surface area contributed by atoms with Crippen LogP contribution in [0.2, 0.25) is 0 Å². The van der Waals surface area contributed by atoms with Gasteiger partial charge in [0.25, 0.3) is 0 Å². The fraction of sp³-hybridized carbons (Fsp3) is 0.562. The van der Waals surface area contributed by atoms with E-state index >= 15 is 0 Å². The summed E-state index contributed by atoms with van der Waals surface area (Å²) in [7, 11) is 0. The summed E-state index contributed by atoms with van der Waals surface area (Å²) in [6.07, 6.45) is 2.15. The van der Waals surface area contributed by atoms with Gasteiger partial charge >= 0.3 is 0 Å². The topological polar surface area (TPSA) is 17.8 Å². The van der Waals surface area contributed by atoms with Gasteiger partial charge in [0.2, 0.25) is 0 Å². The molecule has 1 heterocycles. The maximum atomic E-state index is 4.76. The molecule has 1 unspecified atom stereocenters. The number of fused-ring (bicyclic) bond motifs is 1. The summed E-state index contributed by atoms with van der Waals surface area (Å²) in [5, 5.41) is 6.06. The number of hydrogen-bond donors (Lipinski definition) is 0. The normalized spacial score (nSPS) is 13.9. The molecule has 2 aromatic rings. The van der Waals surface area contributed by atoms with E-state index in [9.17, 15) is 0 Å². The van der Waals surface area contributed by atoms with Crippen LogP contribution in [0.4, 0.5) is 0 Å². The van der Waals surface area contributed by atoms with Crippen LogP contribution in [-0.4, -0.2) is 14.6 Å². The van der Waals surface area contributed by atoms with Crippen LogP contribution in [0.5, 0.6) is 0 Å². The third kappa shape index (κ3) is 3.19. The molecule has 2 rings (SSSR count). The molecule has 0 aliphatic carbocycles. The Labute approximate surface area is 124 Å². The van der Waals surface area contributed by atoms with Gasteiger partial charge in [-0.1, -0.05) is 54.9 Å². The van der Waals surface area contributed by atoms with Crippen molar-refractivity contribution in [2.24, 2.45) is 5.41 Å². The minimum atomic E-state index is 0.295. The molecule has 0 aliphatic heterocycles. The van der Waals surface area contributed by atoms with Gasteiger partial charge in [0.1, 0.15) is 0 Å². The number of aromatic nitrogens is 2. The molecule has 0 aliphatic rings. The third-order valence-electron chi connectivity index (χ3n) is 3.61. The van der Waals surface area contributed by atoms with Crippen molar-refractivity contribution in [3.8, 4) is 0 Å². The van der Waals surface area contributed by atoms with Crippen molar-refractivity contribution in [3.63, 3.8) is 0 Å². The molecule has 104 valence electrons. The molecule has 1 aromatic heterocycles. The minimum Gasteiger partial charge on any atom is -0.265 e. The summed E-state index contributed by atoms with van der Waals surface area (Å²) in [6.45, 7) is 9.89. The van der Waals surface area contributed by atoms with E-state index in [2.05, 4.69) is 72.6 Å². The number of rotatable bonds is 4. The lowest BCUT2D eigenvalue weighted by Gasteiger charge is -2.25. The van der Waals surface area contributed by atoms with Gasteiger partial charge in [0.05, 0.1) is 11.2 Å². The molecule has 0 spiro atoms. The van der Waals surface area contributed by atoms with Crippen molar-refractivity contribution in [1.29, 1.82) is 0 Å². The Morgan fingerprint density at radius 1 is 1.26 bits per heavy atom. The zero-order valence-corrected chi connectivity index (χ0v) is 13.9. The molecule has 0 N–H and O–H groups in total. The molecule has 0 radical (unpaired) electrons. The first-order valence-electron chi connectivity index (χ1n) is 7.02. The average Bonchev–Trinajstić information content (AvgIpc) is 2.73. The summed E-state index contributed by atoms with van der Waals surface area (Å²) >= 11 is 3.81. The Kier molecular flexibility index (Phi) is 4.34. The maximum absolute atomic E-state index is 4.76. The zero-order valence-electron chi connectivity index (χ0n) is 12.3. The Bertz CT molecular complexity index is 551. The van der Waals surface area contributed by atoms with Gasteiger partial charge < -0.3 is 0 Å². The van der Waals surface area contributed by atoms with Crippen molar-refractivity contribution in [1.82, 2.24) is 9.78 Å². The smallest absolute Gasteiger partial charge is 0.0703 e. The number of alkyl halides is 1. The maximum Gasteiger partial charge on any atom is 0.0703 e. The van der Waals surface area contributed by atoms with Gasteiger partial charge in [-0.25, -0.2) is 0 Å². The molecular weight excluding hydrogens is 300 g/mol. The van der Waals surface area contributed by atoms with E-state index < -0.39 is 0 Å². The molecule has 3 heteroatoms. The van der Waals surface area contributed by atoms with Gasteiger partial charge in [0, 0.05) is 16.8 Å². The van der Waals surface area contributed by atoms with Gasteiger partial charge in [-0.15, -0.1) is 0 Å². The number of hydrogen-bond acceptors (Lipinski definition) is 1. The second-order valence-corrected chi connectivity index (χ2v) is 7.26. The Morgan fingerprint density at radius 3 is 2.58 bits per heavy atom. The highest BCUT2D eigenvalue weighted by atomic mass is 79.9. The highest BCUT2D eigenvalue weighted by Crippen LogP contribution is 2.30. The van der Waals surface area contributed by atoms with E-state index in [0.717, 1.165) is 19.4 Å². The number of para-hydroxylation sites is 1. The Balaban J connectivity index is 2.22. The van der Waals surface area contributed by atoms with Gasteiger partial charge in [0.15, 0.2) is 0 Å². The largest absolute Gasteiger partial charge is 0.265 e. The van der Waals surface area contributed by atoms with Crippen LogP contribution in [0.1, 0.15) is 39.8 Å². The highest BCUT2D eigenvalue weighted by Gasteiger charge is 2.22. The fourth-order valence-corrected chi connectivity index (χ4v) is 2.55. The van der Waals surface area contributed by atoms with Crippen LogP contribution in [0.25, 0.3) is 10.9 Å². The van der Waals surface area contributed by atoms with Crippen LogP contribution in [0, 0.1) is 5.41 Å². The lowest BCUT2D eigenvalue weighted by molar-refractivity contribution is 0.385. The summed E-state index contributed by atoms with van der Waals surface area (Å²) in [4.78, 5) is 0.519. The van der Waals surface area contributed by atoms with Crippen LogP contribution < -0.4 is 0 Å². The molecule has 0 amide bonds. The van der Waals surface area contributed by atoms with Crippen molar-refractivity contribution >= 4 is 26.8 Å². The highest BCUT2D eigenvalue weighted by molar-refractivity contribution is 9.09. The lowest BCUT2D eigenvalue weighted by Crippen LogP contribution is -2.20. The minimum absolute atomic E-state index is 0.295. The first-order valence-corrected chi connectivity index (χ1v) is 7.93. The summed E-state index contributed by atoms with van der Waals surface area (Å²) in [5.74, 6) is 0. The van der Waals surface area contributed by atoms with Crippen molar-refractivity contribution in [3.05, 3.63) is 30.0 Å². The SMILES string of the molecule is CCn1nc(CCC(Br)C(C)(C)C)c2ccccc21. The monoisotopic (exact) mass is 322 g/mol. The Morgan fingerprint density at radius 2 is 1.95 bits per heavy atom. The van der Waals surface area contributed by atoms with Crippen LogP contribution in [-0.2, 0) is 13.0 Å². The fourth-order valence-electron chi connectivity index (χ4n) is 2.32. The molecule has 0 bridgehead atoms. The standard InChI is InChI=1S/C16H23BrN2/c1-5-19-14-9-7-6-8-12(14)13(18-19)10-11-15(17)16(2,3)4/h6-9,15H,5,10-11H2,1-4H3. The third-order valence-corrected chi connectivity index (χ3v) is 5.44. The summed E-state index contributed by atoms with van der Waals surface area (Å²) < 4.78 is 2.10. The van der Waals surface area contributed by atoms with Gasteiger partial charge in [-0.3, -0.25) is 4.68 Å². The molecule has 0 saturated heterocycles. The van der Waals surface area contributed by atoms with E-state index in [-0.39, 0.29) is 0 Å². The molecule has 0 fully saturated rings. The molecule has 0 saturated carbocycles. The van der Waals surface area contributed by atoms with Crippen molar-refractivity contribution < 1.29 is 0 Å². The second-order valence-electron chi connectivity index (χ2n) is 6.15. The molecular formula is C16H23BrN2. The van der Waals surface area contributed by atoms with E-state index in [0.29, 0.717) is 10.2 Å². The van der Waals surface area contributed by atoms with Crippen molar-refractivity contribution in [2.45, 2.75) is 51.9 Å². The number of nitrogens with zero attached hydrogens (tertiary/aromatic N) is 2. The number of aryl methyl sites for hydroxylation is 2. The van der Waals surface area contributed by atoms with Gasteiger partial charge in [-0.05, 0) is 31.2 Å². The van der Waals surface area contributed by atoms with Gasteiger partial charge in [-0.2, -0.15) is 5.10 Å². The number of halogens is 1. The molecule has 19 heavy (non-hydrogen) atoms. The van der Waals surface area contributed by atoms with E-state index in [1.807, 2.05) is 0 Å². The van der Waals surface area contributed by atoms with Crippen LogP contribution in [0.3, 0.4) is 0 Å². The predicted octanol–water partition coefficient (Wildman–Crippen LogP) is 4.80. The second kappa shape index (κ2) is 5.66. The van der Waals surface area contributed by atoms with Crippen LogP contribution >= 0.6 is 15.9 Å². The lowest BCUT2D eigenvalue weighted by atomic mass is 9.89. The first kappa shape index (κ1) is 14.6. The molecule has 1 atom stereocenters. The van der Waals surface area contributed by atoms with E-state index in [1.54, 1.807) is 0 Å². The zero-order chi connectivity index (χ0) is 14.0. The predicted molar refractivity (Wildman–Crippen MR) is 85.9 cm³/mol.